The van der Waals surface area contributed by atoms with Crippen molar-refractivity contribution < 1.29 is 18.3 Å². The number of halogens is 3. The molecule has 0 N–H and O–H groups in total. The quantitative estimate of drug-likeness (QED) is 0.341. The highest BCUT2D eigenvalue weighted by Crippen LogP contribution is 2.47. The highest BCUT2D eigenvalue weighted by molar-refractivity contribution is 6.35. The van der Waals surface area contributed by atoms with E-state index in [2.05, 4.69) is 21.9 Å². The Morgan fingerprint density at radius 3 is 2.80 bits per heavy atom. The maximum absolute atomic E-state index is 15.0. The summed E-state index contributed by atoms with van der Waals surface area (Å²) >= 11 is 6.77. The van der Waals surface area contributed by atoms with Gasteiger partial charge in [0, 0.05) is 54.5 Å². The van der Waals surface area contributed by atoms with Crippen LogP contribution in [0.1, 0.15) is 13.0 Å². The Labute approximate surface area is 232 Å². The SMILES string of the molecule is C=CC(=O)N1CCN(c2nc(=O)n3c4c(c(-c5ccc(F)cc5F)c(Cl)cc24)OCC3Cn2ccnn2)[C@@H](C)C1. The molecule has 1 fully saturated rings. The molecule has 40 heavy (non-hydrogen) atoms. The van der Waals surface area contributed by atoms with Gasteiger partial charge in [-0.1, -0.05) is 23.4 Å². The Hall–Kier alpha value is -4.32. The summed E-state index contributed by atoms with van der Waals surface area (Å²) in [6, 6.07) is 4.15. The molecule has 6 rings (SSSR count). The molecule has 4 heterocycles. The first kappa shape index (κ1) is 25.9. The van der Waals surface area contributed by atoms with Crippen molar-refractivity contribution in [3.63, 3.8) is 0 Å². The number of benzene rings is 2. The number of nitrogens with zero attached hydrogens (tertiary/aromatic N) is 7. The fourth-order valence-electron chi connectivity index (χ4n) is 5.50. The maximum atomic E-state index is 15.0. The lowest BCUT2D eigenvalue weighted by Crippen LogP contribution is -2.54. The molecule has 13 heteroatoms. The normalized spacial score (nSPS) is 18.6. The summed E-state index contributed by atoms with van der Waals surface area (Å²) in [4.78, 5) is 34.1. The van der Waals surface area contributed by atoms with E-state index < -0.39 is 23.4 Å². The number of piperazine rings is 1. The topological polar surface area (TPSA) is 98.4 Å². The molecule has 1 amide bonds. The van der Waals surface area contributed by atoms with Gasteiger partial charge in [-0.3, -0.25) is 14.0 Å². The third-order valence-electron chi connectivity index (χ3n) is 7.34. The van der Waals surface area contributed by atoms with Crippen LogP contribution in [0, 0.1) is 11.6 Å². The lowest BCUT2D eigenvalue weighted by atomic mass is 9.99. The second-order valence-electron chi connectivity index (χ2n) is 9.79. The molecule has 2 atom stereocenters. The van der Waals surface area contributed by atoms with E-state index in [0.29, 0.717) is 36.4 Å². The summed E-state index contributed by atoms with van der Waals surface area (Å²) in [7, 11) is 0. The first-order chi connectivity index (χ1) is 19.3. The largest absolute Gasteiger partial charge is 0.488 e. The molecule has 0 bridgehead atoms. The average Bonchev–Trinajstić information content (AvgIpc) is 3.44. The number of amides is 1. The molecule has 2 aliphatic rings. The van der Waals surface area contributed by atoms with Crippen LogP contribution in [0.25, 0.3) is 22.0 Å². The van der Waals surface area contributed by atoms with Crippen LogP contribution in [0.5, 0.6) is 5.75 Å². The third-order valence-corrected chi connectivity index (χ3v) is 7.64. The second kappa shape index (κ2) is 10.0. The fraction of sp³-hybridized carbons (Fsp3) is 0.296. The molecule has 2 aromatic heterocycles. The van der Waals surface area contributed by atoms with Crippen LogP contribution >= 0.6 is 11.6 Å². The molecule has 0 saturated carbocycles. The highest BCUT2D eigenvalue weighted by atomic mass is 35.5. The molecular formula is C27H24ClF2N7O3. The Morgan fingerprint density at radius 1 is 1.27 bits per heavy atom. The van der Waals surface area contributed by atoms with E-state index in [4.69, 9.17) is 16.3 Å². The summed E-state index contributed by atoms with van der Waals surface area (Å²) < 4.78 is 38.1. The standard InChI is InChI=1S/C27H24ClF2N7O3/c1-3-22(38)34-8-9-36(15(2)12-34)26-19-11-20(28)23(18-5-4-16(29)10-21(18)30)25-24(19)37(27(39)32-26)17(14-40-25)13-35-7-6-31-33-35/h3-7,10-11,15,17H,1,8-9,12-14H2,2H3/t15-,17?/m0/s1. The van der Waals surface area contributed by atoms with Gasteiger partial charge in [-0.05, 0) is 31.2 Å². The summed E-state index contributed by atoms with van der Waals surface area (Å²) in [5, 5.41) is 8.53. The molecule has 2 aromatic carbocycles. The van der Waals surface area contributed by atoms with Crippen LogP contribution in [0.15, 0.2) is 54.1 Å². The monoisotopic (exact) mass is 567 g/mol. The zero-order valence-corrected chi connectivity index (χ0v) is 22.2. The smallest absolute Gasteiger partial charge is 0.350 e. The molecule has 4 aromatic rings. The minimum absolute atomic E-state index is 0.0420. The van der Waals surface area contributed by atoms with E-state index in [1.165, 1.54) is 22.9 Å². The minimum atomic E-state index is -0.814. The molecule has 0 aliphatic carbocycles. The van der Waals surface area contributed by atoms with Gasteiger partial charge in [0.05, 0.1) is 29.3 Å². The van der Waals surface area contributed by atoms with E-state index in [9.17, 15) is 14.0 Å². The zero-order chi connectivity index (χ0) is 28.1. The second-order valence-corrected chi connectivity index (χ2v) is 10.2. The summed E-state index contributed by atoms with van der Waals surface area (Å²) in [5.74, 6) is -1.13. The van der Waals surface area contributed by atoms with Crippen LogP contribution in [0.2, 0.25) is 5.02 Å². The number of aromatic nitrogens is 5. The van der Waals surface area contributed by atoms with Crippen LogP contribution in [0.3, 0.4) is 0 Å². The van der Waals surface area contributed by atoms with Crippen LogP contribution in [-0.4, -0.2) is 67.6 Å². The Balaban J connectivity index is 1.57. The van der Waals surface area contributed by atoms with Gasteiger partial charge in [0.2, 0.25) is 5.91 Å². The predicted octanol–water partition coefficient (Wildman–Crippen LogP) is 3.44. The number of anilines is 1. The molecule has 10 nitrogen and oxygen atoms in total. The minimum Gasteiger partial charge on any atom is -0.488 e. The van der Waals surface area contributed by atoms with Gasteiger partial charge in [0.15, 0.2) is 5.75 Å². The summed E-state index contributed by atoms with van der Waals surface area (Å²) in [6.07, 6.45) is 4.48. The molecule has 0 spiro atoms. The lowest BCUT2D eigenvalue weighted by Gasteiger charge is -2.41. The summed E-state index contributed by atoms with van der Waals surface area (Å²) in [6.45, 7) is 7.05. The van der Waals surface area contributed by atoms with Crippen LogP contribution in [0.4, 0.5) is 14.6 Å². The first-order valence-electron chi connectivity index (χ1n) is 12.7. The molecule has 0 radical (unpaired) electrons. The third kappa shape index (κ3) is 4.28. The van der Waals surface area contributed by atoms with E-state index in [1.807, 2.05) is 11.8 Å². The van der Waals surface area contributed by atoms with E-state index in [1.54, 1.807) is 21.8 Å². The number of carbonyl (C=O) groups excluding carboxylic acids is 1. The van der Waals surface area contributed by atoms with E-state index >= 15 is 4.39 Å². The molecule has 1 unspecified atom stereocenters. The van der Waals surface area contributed by atoms with Gasteiger partial charge in [0.1, 0.15) is 24.1 Å². The van der Waals surface area contributed by atoms with Gasteiger partial charge >= 0.3 is 5.69 Å². The molecule has 206 valence electrons. The van der Waals surface area contributed by atoms with Crippen molar-refractivity contribution in [3.8, 4) is 16.9 Å². The molecular weight excluding hydrogens is 544 g/mol. The average molecular weight is 568 g/mol. The van der Waals surface area contributed by atoms with Crippen molar-refractivity contribution in [2.45, 2.75) is 25.6 Å². The lowest BCUT2D eigenvalue weighted by molar-refractivity contribution is -0.126. The van der Waals surface area contributed by atoms with Crippen molar-refractivity contribution >= 4 is 34.2 Å². The maximum Gasteiger partial charge on any atom is 0.350 e. The fourth-order valence-corrected chi connectivity index (χ4v) is 5.80. The number of hydrogen-bond donors (Lipinski definition) is 0. The number of ether oxygens (including phenoxy) is 1. The van der Waals surface area contributed by atoms with Crippen molar-refractivity contribution in [1.29, 1.82) is 0 Å². The van der Waals surface area contributed by atoms with E-state index in [0.717, 1.165) is 12.1 Å². The number of carbonyl (C=O) groups is 1. The van der Waals surface area contributed by atoms with Crippen LogP contribution < -0.4 is 15.3 Å². The predicted molar refractivity (Wildman–Crippen MR) is 145 cm³/mol. The highest BCUT2D eigenvalue weighted by Gasteiger charge is 2.34. The van der Waals surface area contributed by atoms with Gasteiger partial charge in [0.25, 0.3) is 0 Å². The van der Waals surface area contributed by atoms with E-state index in [-0.39, 0.29) is 47.0 Å². The Morgan fingerprint density at radius 2 is 2.10 bits per heavy atom. The Bertz CT molecular complexity index is 1710. The molecule has 2 aliphatic heterocycles. The van der Waals surface area contributed by atoms with Gasteiger partial charge in [-0.15, -0.1) is 5.10 Å². The first-order valence-corrected chi connectivity index (χ1v) is 13.0. The van der Waals surface area contributed by atoms with Crippen molar-refractivity contribution in [2.75, 3.05) is 31.1 Å². The zero-order valence-electron chi connectivity index (χ0n) is 21.4. The Kier molecular flexibility index (Phi) is 6.49. The van der Waals surface area contributed by atoms with Gasteiger partial charge in [-0.2, -0.15) is 4.98 Å². The van der Waals surface area contributed by atoms with Crippen LogP contribution in [-0.2, 0) is 11.3 Å². The van der Waals surface area contributed by atoms with Crippen molar-refractivity contribution in [1.82, 2.24) is 29.4 Å². The van der Waals surface area contributed by atoms with Gasteiger partial charge in [-0.25, -0.2) is 13.6 Å². The van der Waals surface area contributed by atoms with Gasteiger partial charge < -0.3 is 14.5 Å². The van der Waals surface area contributed by atoms with Crippen molar-refractivity contribution in [2.24, 2.45) is 0 Å². The molecule has 1 saturated heterocycles. The number of hydrogen-bond acceptors (Lipinski definition) is 7. The summed E-state index contributed by atoms with van der Waals surface area (Å²) in [5.41, 5.74) is 0.124. The number of rotatable bonds is 5. The van der Waals surface area contributed by atoms with Crippen molar-refractivity contribution in [3.05, 3.63) is 76.5 Å².